The number of hydrogen-bond acceptors (Lipinski definition) is 5. The molecule has 37 heavy (non-hydrogen) atoms. The second-order valence-electron chi connectivity index (χ2n) is 8.20. The van der Waals surface area contributed by atoms with Crippen LogP contribution in [0.25, 0.3) is 11.4 Å². The van der Waals surface area contributed by atoms with Crippen molar-refractivity contribution in [1.29, 1.82) is 0 Å². The van der Waals surface area contributed by atoms with Gasteiger partial charge in [-0.15, -0.1) is 0 Å². The van der Waals surface area contributed by atoms with Gasteiger partial charge in [0.15, 0.2) is 12.5 Å². The molecule has 0 aliphatic rings. The van der Waals surface area contributed by atoms with Gasteiger partial charge in [-0.3, -0.25) is 9.59 Å². The zero-order valence-electron chi connectivity index (χ0n) is 20.1. The van der Waals surface area contributed by atoms with Gasteiger partial charge < -0.3 is 19.8 Å². The van der Waals surface area contributed by atoms with E-state index in [1.165, 1.54) is 0 Å². The molecule has 190 valence electrons. The molecule has 1 heterocycles. The number of amides is 1. The number of halogens is 2. The van der Waals surface area contributed by atoms with E-state index in [1.807, 2.05) is 54.6 Å². The molecule has 3 aromatic carbocycles. The summed E-state index contributed by atoms with van der Waals surface area (Å²) in [6.07, 6.45) is 0.876. The number of nitrogens with zero attached hydrogens (tertiary/aromatic N) is 1. The summed E-state index contributed by atoms with van der Waals surface area (Å²) in [5, 5.41) is 3.65. The second-order valence-corrected chi connectivity index (χ2v) is 9.07. The highest BCUT2D eigenvalue weighted by molar-refractivity contribution is 6.34. The number of aryl methyl sites for hydroxylation is 1. The van der Waals surface area contributed by atoms with Crippen LogP contribution in [0.15, 0.2) is 77.6 Å². The van der Waals surface area contributed by atoms with Crippen LogP contribution in [-0.2, 0) is 24.3 Å². The Morgan fingerprint density at radius 1 is 0.946 bits per heavy atom. The van der Waals surface area contributed by atoms with Crippen LogP contribution in [0, 0.1) is 0 Å². The fourth-order valence-corrected chi connectivity index (χ4v) is 4.17. The van der Waals surface area contributed by atoms with Crippen molar-refractivity contribution in [3.63, 3.8) is 0 Å². The van der Waals surface area contributed by atoms with Crippen LogP contribution in [-0.4, -0.2) is 22.7 Å². The summed E-state index contributed by atoms with van der Waals surface area (Å²) in [6.45, 7) is 2.22. The minimum atomic E-state index is -0.594. The zero-order valence-corrected chi connectivity index (χ0v) is 21.6. The molecule has 0 atom stereocenters. The van der Waals surface area contributed by atoms with E-state index in [2.05, 4.69) is 22.2 Å². The van der Waals surface area contributed by atoms with Gasteiger partial charge >= 0.3 is 0 Å². The maximum Gasteiger partial charge on any atom is 0.294 e. The Hall–Kier alpha value is -3.65. The highest BCUT2D eigenvalue weighted by atomic mass is 35.5. The third-order valence-corrected chi connectivity index (χ3v) is 5.94. The molecule has 0 bridgehead atoms. The summed E-state index contributed by atoms with van der Waals surface area (Å²) in [5.41, 5.74) is 2.69. The molecule has 7 nitrogen and oxygen atoms in total. The molecule has 0 saturated carbocycles. The molecule has 0 fully saturated rings. The van der Waals surface area contributed by atoms with E-state index in [-0.39, 0.29) is 37.2 Å². The van der Waals surface area contributed by atoms with Crippen molar-refractivity contribution in [1.82, 2.24) is 15.3 Å². The first kappa shape index (κ1) is 26.4. The second kappa shape index (κ2) is 12.5. The minimum Gasteiger partial charge on any atom is -0.459 e. The number of hydrogen-bond donors (Lipinski definition) is 2. The van der Waals surface area contributed by atoms with Gasteiger partial charge in [0.25, 0.3) is 11.5 Å². The van der Waals surface area contributed by atoms with E-state index in [1.54, 1.807) is 18.2 Å². The van der Waals surface area contributed by atoms with Crippen LogP contribution in [0.4, 0.5) is 0 Å². The molecule has 0 saturated heterocycles. The van der Waals surface area contributed by atoms with Crippen LogP contribution >= 0.6 is 23.2 Å². The fraction of sp³-hybridized carbons (Fsp3) is 0.179. The fourth-order valence-electron chi connectivity index (χ4n) is 3.60. The van der Waals surface area contributed by atoms with Crippen molar-refractivity contribution in [3.05, 3.63) is 116 Å². The minimum absolute atomic E-state index is 0.123. The standard InChI is InChI=1S/C28H25Cl2N3O4/c1-2-18-8-10-21(11-9-18)26-32-24(27(34)31-15-20-12-22(29)14-23(30)13-20)25(28(35)33-26)37-17-36-16-19-6-4-3-5-7-19/h3-14H,2,15-17H2,1H3,(H,31,34)(H,32,33,35). The summed E-state index contributed by atoms with van der Waals surface area (Å²) >= 11 is 12.1. The first-order valence-corrected chi connectivity index (χ1v) is 12.4. The van der Waals surface area contributed by atoms with Gasteiger partial charge in [-0.05, 0) is 41.3 Å². The number of H-pyrrole nitrogens is 1. The molecule has 0 unspecified atom stereocenters. The predicted octanol–water partition coefficient (Wildman–Crippen LogP) is 5.79. The summed E-state index contributed by atoms with van der Waals surface area (Å²) < 4.78 is 11.1. The van der Waals surface area contributed by atoms with E-state index in [0.717, 1.165) is 17.5 Å². The molecule has 0 radical (unpaired) electrons. The van der Waals surface area contributed by atoms with Gasteiger partial charge in [-0.25, -0.2) is 4.98 Å². The summed E-state index contributed by atoms with van der Waals surface area (Å²) in [4.78, 5) is 33.3. The molecule has 0 aliphatic carbocycles. The van der Waals surface area contributed by atoms with E-state index >= 15 is 0 Å². The van der Waals surface area contributed by atoms with Crippen molar-refractivity contribution in [3.8, 4) is 17.1 Å². The third-order valence-electron chi connectivity index (χ3n) is 5.50. The molecule has 0 spiro atoms. The molecular weight excluding hydrogens is 513 g/mol. The van der Waals surface area contributed by atoms with Crippen LogP contribution in [0.1, 0.15) is 34.1 Å². The van der Waals surface area contributed by atoms with Gasteiger partial charge in [0, 0.05) is 22.2 Å². The Labute approximate surface area is 224 Å². The van der Waals surface area contributed by atoms with Crippen LogP contribution in [0.5, 0.6) is 5.75 Å². The van der Waals surface area contributed by atoms with Crippen molar-refractivity contribution < 1.29 is 14.3 Å². The number of aromatic nitrogens is 2. The predicted molar refractivity (Wildman–Crippen MR) is 144 cm³/mol. The molecule has 4 aromatic rings. The smallest absolute Gasteiger partial charge is 0.294 e. The maximum atomic E-state index is 13.2. The number of carbonyl (C=O) groups excluding carboxylic acids is 1. The highest BCUT2D eigenvalue weighted by Crippen LogP contribution is 2.21. The van der Waals surface area contributed by atoms with Crippen LogP contribution in [0.2, 0.25) is 10.0 Å². The zero-order chi connectivity index (χ0) is 26.2. The largest absolute Gasteiger partial charge is 0.459 e. The Balaban J connectivity index is 1.57. The SMILES string of the molecule is CCc1ccc(-c2nc(C(=O)NCc3cc(Cl)cc(Cl)c3)c(OCOCc3ccccc3)c(=O)[nH]2)cc1. The van der Waals surface area contributed by atoms with E-state index in [0.29, 0.717) is 21.2 Å². The lowest BCUT2D eigenvalue weighted by atomic mass is 10.1. The van der Waals surface area contributed by atoms with Gasteiger partial charge in [-0.1, -0.05) is 84.7 Å². The number of nitrogens with one attached hydrogen (secondary N) is 2. The Morgan fingerprint density at radius 3 is 2.32 bits per heavy atom. The van der Waals surface area contributed by atoms with Gasteiger partial charge in [-0.2, -0.15) is 0 Å². The molecule has 0 aliphatic heterocycles. The van der Waals surface area contributed by atoms with Crippen LogP contribution in [0.3, 0.4) is 0 Å². The van der Waals surface area contributed by atoms with E-state index < -0.39 is 11.5 Å². The quantitative estimate of drug-likeness (QED) is 0.197. The van der Waals surface area contributed by atoms with Gasteiger partial charge in [0.05, 0.1) is 6.61 Å². The lowest BCUT2D eigenvalue weighted by molar-refractivity contribution is 0.00354. The molecule has 1 aromatic heterocycles. The molecule has 4 rings (SSSR count). The summed E-state index contributed by atoms with van der Waals surface area (Å²) in [5.74, 6) is -0.573. The van der Waals surface area contributed by atoms with Crippen molar-refractivity contribution in [2.75, 3.05) is 6.79 Å². The maximum absolute atomic E-state index is 13.2. The third kappa shape index (κ3) is 7.20. The number of carbonyl (C=O) groups is 1. The number of aromatic amines is 1. The van der Waals surface area contributed by atoms with Crippen molar-refractivity contribution in [2.24, 2.45) is 0 Å². The summed E-state index contributed by atoms with van der Waals surface area (Å²) in [7, 11) is 0. The monoisotopic (exact) mass is 537 g/mol. The topological polar surface area (TPSA) is 93.3 Å². The highest BCUT2D eigenvalue weighted by Gasteiger charge is 2.21. The lowest BCUT2D eigenvalue weighted by Crippen LogP contribution is -2.28. The Morgan fingerprint density at radius 2 is 1.65 bits per heavy atom. The average molecular weight is 538 g/mol. The van der Waals surface area contributed by atoms with E-state index in [4.69, 9.17) is 32.7 Å². The molecule has 9 heteroatoms. The first-order chi connectivity index (χ1) is 17.9. The van der Waals surface area contributed by atoms with Gasteiger partial charge in [0.1, 0.15) is 5.82 Å². The van der Waals surface area contributed by atoms with Gasteiger partial charge in [0.2, 0.25) is 5.75 Å². The number of ether oxygens (including phenoxy) is 2. The molecule has 2 N–H and O–H groups in total. The van der Waals surface area contributed by atoms with Crippen LogP contribution < -0.4 is 15.6 Å². The lowest BCUT2D eigenvalue weighted by Gasteiger charge is -2.13. The summed E-state index contributed by atoms with van der Waals surface area (Å²) in [6, 6.07) is 22.1. The van der Waals surface area contributed by atoms with Crippen molar-refractivity contribution in [2.45, 2.75) is 26.5 Å². The molecule has 1 amide bonds. The molecular formula is C28H25Cl2N3O4. The van der Waals surface area contributed by atoms with E-state index in [9.17, 15) is 9.59 Å². The van der Waals surface area contributed by atoms with Crippen molar-refractivity contribution >= 4 is 29.1 Å². The Kier molecular flexibility index (Phi) is 8.95. The Bertz CT molecular complexity index is 1400. The average Bonchev–Trinajstić information content (AvgIpc) is 2.90. The first-order valence-electron chi connectivity index (χ1n) is 11.6. The number of benzene rings is 3. The number of rotatable bonds is 10. The normalized spacial score (nSPS) is 10.8.